The number of carbonyl (C=O) groups excluding carboxylic acids is 1. The Balaban J connectivity index is 1.58. The van der Waals surface area contributed by atoms with Crippen molar-refractivity contribution < 1.29 is 9.53 Å². The SMILES string of the molecule is CN=Cc1c(N)cc(-c2ccc(C3CCN(C)CC3)cc2)nc1O[C@H](C)[C@H]1CNC(=O)C1. The summed E-state index contributed by atoms with van der Waals surface area (Å²) in [5, 5.41) is 2.87. The van der Waals surface area contributed by atoms with Crippen molar-refractivity contribution in [1.82, 2.24) is 15.2 Å². The number of hydrogen-bond donors (Lipinski definition) is 2. The smallest absolute Gasteiger partial charge is 0.225 e. The number of rotatable bonds is 6. The van der Waals surface area contributed by atoms with E-state index in [0.717, 1.165) is 24.3 Å². The highest BCUT2D eigenvalue weighted by molar-refractivity contribution is 5.91. The van der Waals surface area contributed by atoms with E-state index in [1.807, 2.05) is 13.0 Å². The molecule has 0 bridgehead atoms. The average Bonchev–Trinajstić information content (AvgIpc) is 3.23. The molecule has 1 aromatic heterocycles. The molecule has 32 heavy (non-hydrogen) atoms. The number of aliphatic imine (C=N–C) groups is 1. The zero-order valence-corrected chi connectivity index (χ0v) is 19.2. The summed E-state index contributed by atoms with van der Waals surface area (Å²) < 4.78 is 6.22. The number of anilines is 1. The minimum atomic E-state index is -0.174. The van der Waals surface area contributed by atoms with Gasteiger partial charge >= 0.3 is 0 Å². The lowest BCUT2D eigenvalue weighted by atomic mass is 9.89. The van der Waals surface area contributed by atoms with Crippen LogP contribution < -0.4 is 15.8 Å². The number of pyridine rings is 1. The van der Waals surface area contributed by atoms with Crippen LogP contribution in [0.4, 0.5) is 5.69 Å². The lowest BCUT2D eigenvalue weighted by Gasteiger charge is -2.29. The fraction of sp³-hybridized carbons (Fsp3) is 0.480. The van der Waals surface area contributed by atoms with Gasteiger partial charge < -0.3 is 20.7 Å². The summed E-state index contributed by atoms with van der Waals surface area (Å²) in [5.74, 6) is 1.24. The van der Waals surface area contributed by atoms with Gasteiger partial charge in [0.15, 0.2) is 0 Å². The highest BCUT2D eigenvalue weighted by atomic mass is 16.5. The Hall–Kier alpha value is -2.93. The monoisotopic (exact) mass is 435 g/mol. The van der Waals surface area contributed by atoms with Gasteiger partial charge in [0.05, 0.1) is 11.3 Å². The van der Waals surface area contributed by atoms with Gasteiger partial charge in [0.25, 0.3) is 0 Å². The predicted octanol–water partition coefficient (Wildman–Crippen LogP) is 3.09. The van der Waals surface area contributed by atoms with E-state index in [1.165, 1.54) is 18.4 Å². The van der Waals surface area contributed by atoms with Gasteiger partial charge in [-0.3, -0.25) is 9.79 Å². The Labute approximate surface area is 190 Å². The van der Waals surface area contributed by atoms with Crippen molar-refractivity contribution in [1.29, 1.82) is 0 Å². The molecule has 1 amide bonds. The minimum Gasteiger partial charge on any atom is -0.474 e. The number of ether oxygens (including phenoxy) is 1. The van der Waals surface area contributed by atoms with Crippen LogP contribution in [0.5, 0.6) is 5.88 Å². The molecule has 0 aliphatic carbocycles. The third-order valence-corrected chi connectivity index (χ3v) is 6.68. The number of amides is 1. The first kappa shape index (κ1) is 22.3. The average molecular weight is 436 g/mol. The van der Waals surface area contributed by atoms with E-state index >= 15 is 0 Å². The first-order valence-corrected chi connectivity index (χ1v) is 11.4. The molecule has 3 N–H and O–H groups in total. The number of likely N-dealkylation sites (tertiary alicyclic amines) is 1. The van der Waals surface area contributed by atoms with Gasteiger partial charge in [-0.2, -0.15) is 0 Å². The van der Waals surface area contributed by atoms with Gasteiger partial charge in [0.1, 0.15) is 6.10 Å². The summed E-state index contributed by atoms with van der Waals surface area (Å²) in [6.07, 6.45) is 4.36. The highest BCUT2D eigenvalue weighted by Crippen LogP contribution is 2.32. The van der Waals surface area contributed by atoms with E-state index in [1.54, 1.807) is 13.3 Å². The Morgan fingerprint density at radius 2 is 2.00 bits per heavy atom. The number of carbonyl (C=O) groups is 1. The number of nitrogen functional groups attached to an aromatic ring is 1. The zero-order chi connectivity index (χ0) is 22.7. The lowest BCUT2D eigenvalue weighted by Crippen LogP contribution is -2.29. The summed E-state index contributed by atoms with van der Waals surface area (Å²) in [5.41, 5.74) is 10.8. The fourth-order valence-electron chi connectivity index (χ4n) is 4.55. The predicted molar refractivity (Wildman–Crippen MR) is 128 cm³/mol. The molecule has 2 aromatic rings. The summed E-state index contributed by atoms with van der Waals surface area (Å²) in [6.45, 7) is 4.88. The molecule has 4 rings (SSSR count). The molecule has 2 atom stereocenters. The van der Waals surface area contributed by atoms with Crippen LogP contribution in [0.2, 0.25) is 0 Å². The molecule has 0 unspecified atom stereocenters. The first-order valence-electron chi connectivity index (χ1n) is 11.4. The van der Waals surface area contributed by atoms with Crippen LogP contribution in [0.1, 0.15) is 43.2 Å². The van der Waals surface area contributed by atoms with Crippen LogP contribution >= 0.6 is 0 Å². The van der Waals surface area contributed by atoms with Crippen molar-refractivity contribution in [2.75, 3.05) is 39.5 Å². The maximum Gasteiger partial charge on any atom is 0.225 e. The Kier molecular flexibility index (Phi) is 6.74. The lowest BCUT2D eigenvalue weighted by molar-refractivity contribution is -0.119. The van der Waals surface area contributed by atoms with Crippen molar-refractivity contribution in [2.24, 2.45) is 10.9 Å². The van der Waals surface area contributed by atoms with E-state index in [4.69, 9.17) is 15.5 Å². The number of nitrogens with zero attached hydrogens (tertiary/aromatic N) is 3. The standard InChI is InChI=1S/C25H33N5O2/c1-16(20-12-24(31)28-14-20)32-25-21(15-27-2)22(26)13-23(29-25)19-6-4-17(5-7-19)18-8-10-30(3)11-9-18/h4-7,13,15-16,18,20H,8-12,14H2,1-3H3,(H2,26,29)(H,28,31)/t16-,20-/m1/s1. The van der Waals surface area contributed by atoms with Gasteiger partial charge in [-0.25, -0.2) is 4.98 Å². The Morgan fingerprint density at radius 3 is 2.62 bits per heavy atom. The molecule has 2 aliphatic heterocycles. The molecule has 0 radical (unpaired) electrons. The normalized spacial score (nSPS) is 21.1. The molecule has 2 fully saturated rings. The van der Waals surface area contributed by atoms with Crippen LogP contribution in [0.3, 0.4) is 0 Å². The van der Waals surface area contributed by atoms with Gasteiger partial charge in [0, 0.05) is 43.4 Å². The molecule has 170 valence electrons. The van der Waals surface area contributed by atoms with Crippen molar-refractivity contribution in [3.05, 3.63) is 41.5 Å². The molecule has 7 heteroatoms. The van der Waals surface area contributed by atoms with Gasteiger partial charge in [-0.05, 0) is 57.5 Å². The van der Waals surface area contributed by atoms with Crippen LogP contribution in [-0.4, -0.2) is 61.8 Å². The quantitative estimate of drug-likeness (QED) is 0.680. The molecule has 2 aliphatic rings. The van der Waals surface area contributed by atoms with Crippen molar-refractivity contribution in [3.8, 4) is 17.1 Å². The second kappa shape index (κ2) is 9.69. The maximum atomic E-state index is 11.6. The van der Waals surface area contributed by atoms with Crippen LogP contribution in [0.25, 0.3) is 11.3 Å². The molecule has 2 saturated heterocycles. The third-order valence-electron chi connectivity index (χ3n) is 6.68. The molecule has 0 saturated carbocycles. The van der Waals surface area contributed by atoms with Crippen molar-refractivity contribution in [2.45, 2.75) is 38.2 Å². The van der Waals surface area contributed by atoms with E-state index in [2.05, 4.69) is 46.5 Å². The topological polar surface area (TPSA) is 92.8 Å². The van der Waals surface area contributed by atoms with E-state index in [-0.39, 0.29) is 17.9 Å². The van der Waals surface area contributed by atoms with Gasteiger partial charge in [-0.1, -0.05) is 24.3 Å². The Bertz CT molecular complexity index is 981. The summed E-state index contributed by atoms with van der Waals surface area (Å²) >= 11 is 0. The summed E-state index contributed by atoms with van der Waals surface area (Å²) in [4.78, 5) is 22.9. The second-order valence-electron chi connectivity index (χ2n) is 8.99. The largest absolute Gasteiger partial charge is 0.474 e. The zero-order valence-electron chi connectivity index (χ0n) is 19.2. The van der Waals surface area contributed by atoms with Gasteiger partial charge in [0.2, 0.25) is 11.8 Å². The molecular weight excluding hydrogens is 402 g/mol. The molecule has 7 nitrogen and oxygen atoms in total. The molecular formula is C25H33N5O2. The van der Waals surface area contributed by atoms with Crippen molar-refractivity contribution in [3.63, 3.8) is 0 Å². The third kappa shape index (κ3) is 4.93. The fourth-order valence-corrected chi connectivity index (χ4v) is 4.55. The number of aromatic nitrogens is 1. The van der Waals surface area contributed by atoms with Crippen LogP contribution in [0.15, 0.2) is 35.3 Å². The molecule has 1 aromatic carbocycles. The molecule has 0 spiro atoms. The van der Waals surface area contributed by atoms with E-state index in [0.29, 0.717) is 36.0 Å². The van der Waals surface area contributed by atoms with E-state index < -0.39 is 0 Å². The maximum absolute atomic E-state index is 11.6. The highest BCUT2D eigenvalue weighted by Gasteiger charge is 2.29. The van der Waals surface area contributed by atoms with Crippen LogP contribution in [-0.2, 0) is 4.79 Å². The number of benzene rings is 1. The number of hydrogen-bond acceptors (Lipinski definition) is 6. The van der Waals surface area contributed by atoms with Crippen LogP contribution in [0, 0.1) is 5.92 Å². The number of piperidine rings is 1. The summed E-state index contributed by atoms with van der Waals surface area (Å²) in [7, 11) is 3.88. The first-order chi connectivity index (χ1) is 15.4. The minimum absolute atomic E-state index is 0.0618. The number of nitrogens with two attached hydrogens (primary N) is 1. The number of nitrogens with one attached hydrogen (secondary N) is 1. The van der Waals surface area contributed by atoms with E-state index in [9.17, 15) is 4.79 Å². The Morgan fingerprint density at radius 1 is 1.28 bits per heavy atom. The summed E-state index contributed by atoms with van der Waals surface area (Å²) in [6, 6.07) is 10.5. The second-order valence-corrected chi connectivity index (χ2v) is 8.99. The molecule has 3 heterocycles. The van der Waals surface area contributed by atoms with Gasteiger partial charge in [-0.15, -0.1) is 0 Å². The van der Waals surface area contributed by atoms with Crippen molar-refractivity contribution >= 4 is 17.8 Å².